The number of phenolic OH excluding ortho intramolecular Hbond substituents is 1. The summed E-state index contributed by atoms with van der Waals surface area (Å²) in [5, 5.41) is 18.4. The summed E-state index contributed by atoms with van der Waals surface area (Å²) in [7, 11) is 0. The molecule has 1 aliphatic heterocycles. The number of hydrogen-bond acceptors (Lipinski definition) is 5. The van der Waals surface area contributed by atoms with Crippen LogP contribution >= 0.6 is 31.9 Å². The second-order valence-corrected chi connectivity index (χ2v) is 10.3. The molecule has 5 rings (SSSR count). The molecule has 1 unspecified atom stereocenters. The van der Waals surface area contributed by atoms with Gasteiger partial charge in [0.05, 0.1) is 16.4 Å². The van der Waals surface area contributed by atoms with Gasteiger partial charge in [-0.3, -0.25) is 4.90 Å². The van der Waals surface area contributed by atoms with Gasteiger partial charge in [-0.1, -0.05) is 40.2 Å². The molecule has 3 heterocycles. The number of anilines is 1. The Labute approximate surface area is 209 Å². The van der Waals surface area contributed by atoms with Gasteiger partial charge in [-0.15, -0.1) is 0 Å². The topological polar surface area (TPSA) is 65.7 Å². The number of aromatic hydroxyl groups is 1. The van der Waals surface area contributed by atoms with Gasteiger partial charge in [0.25, 0.3) is 0 Å². The zero-order valence-corrected chi connectivity index (χ0v) is 21.3. The van der Waals surface area contributed by atoms with Gasteiger partial charge < -0.3 is 10.4 Å². The van der Waals surface area contributed by atoms with E-state index in [1.807, 2.05) is 28.8 Å². The number of para-hydroxylation sites is 1. The molecule has 4 aromatic rings. The number of halogens is 2. The molecule has 6 nitrogen and oxygen atoms in total. The van der Waals surface area contributed by atoms with Crippen LogP contribution in [0.3, 0.4) is 0 Å². The third kappa shape index (κ3) is 5.08. The van der Waals surface area contributed by atoms with Crippen molar-refractivity contribution in [3.05, 3.63) is 75.3 Å². The minimum Gasteiger partial charge on any atom is -0.507 e. The Hall–Kier alpha value is -2.42. The summed E-state index contributed by atoms with van der Waals surface area (Å²) >= 11 is 7.07. The smallest absolute Gasteiger partial charge is 0.172 e. The van der Waals surface area contributed by atoms with E-state index in [2.05, 4.69) is 71.4 Å². The van der Waals surface area contributed by atoms with Gasteiger partial charge in [-0.25, -0.2) is 4.98 Å². The third-order valence-electron chi connectivity index (χ3n) is 6.10. The predicted octanol–water partition coefficient (Wildman–Crippen LogP) is 5.95. The van der Waals surface area contributed by atoms with Gasteiger partial charge in [0.1, 0.15) is 11.6 Å². The van der Waals surface area contributed by atoms with E-state index >= 15 is 0 Å². The molecular formula is C25H25Br2N5O. The molecule has 0 spiro atoms. The molecule has 2 aromatic carbocycles. The van der Waals surface area contributed by atoms with Crippen LogP contribution in [-0.2, 0) is 6.54 Å². The summed E-state index contributed by atoms with van der Waals surface area (Å²) in [5.74, 6) is 1.63. The van der Waals surface area contributed by atoms with Crippen LogP contribution in [0.15, 0.2) is 69.7 Å². The van der Waals surface area contributed by atoms with Crippen LogP contribution in [0, 0.1) is 5.92 Å². The Morgan fingerprint density at radius 1 is 1.09 bits per heavy atom. The first kappa shape index (κ1) is 22.4. The number of nitrogens with zero attached hydrogens (tertiary/aromatic N) is 4. The molecule has 1 atom stereocenters. The minimum atomic E-state index is 0.215. The molecule has 0 bridgehead atoms. The summed E-state index contributed by atoms with van der Waals surface area (Å²) in [6.45, 7) is 4.03. The highest BCUT2D eigenvalue weighted by atomic mass is 79.9. The summed E-state index contributed by atoms with van der Waals surface area (Å²) in [6, 6.07) is 17.8. The van der Waals surface area contributed by atoms with Crippen LogP contribution in [-0.4, -0.2) is 44.2 Å². The molecule has 0 amide bonds. The molecule has 1 saturated heterocycles. The average Bonchev–Trinajstić information content (AvgIpc) is 3.20. The van der Waals surface area contributed by atoms with Crippen LogP contribution < -0.4 is 5.32 Å². The monoisotopic (exact) mass is 569 g/mol. The van der Waals surface area contributed by atoms with Crippen molar-refractivity contribution in [1.82, 2.24) is 19.5 Å². The molecular weight excluding hydrogens is 546 g/mol. The van der Waals surface area contributed by atoms with Crippen LogP contribution in [0.1, 0.15) is 18.4 Å². The number of nitrogens with one attached hydrogen (secondary N) is 1. The highest BCUT2D eigenvalue weighted by Crippen LogP contribution is 2.31. The maximum Gasteiger partial charge on any atom is 0.172 e. The summed E-state index contributed by atoms with van der Waals surface area (Å²) < 4.78 is 3.75. The number of piperidine rings is 1. The standard InChI is InChI=1S/C25H25Br2N5O/c26-19-9-7-17(8-10-19)15-31-11-3-4-18(16-31)13-28-24-12-22(20-5-1-2-6-23(20)33)30-25-21(27)14-29-32(24)25/h1-2,5-10,12,14,18,28,33H,3-4,11,13,15-16H2. The van der Waals surface area contributed by atoms with Crippen molar-refractivity contribution in [3.63, 3.8) is 0 Å². The lowest BCUT2D eigenvalue weighted by molar-refractivity contribution is 0.173. The summed E-state index contributed by atoms with van der Waals surface area (Å²) in [4.78, 5) is 7.27. The van der Waals surface area contributed by atoms with Crippen molar-refractivity contribution in [2.45, 2.75) is 19.4 Å². The van der Waals surface area contributed by atoms with Gasteiger partial charge in [0, 0.05) is 35.7 Å². The Bertz CT molecular complexity index is 1260. The molecule has 0 radical (unpaired) electrons. The quantitative estimate of drug-likeness (QED) is 0.300. The second-order valence-electron chi connectivity index (χ2n) is 8.52. The number of hydrogen-bond donors (Lipinski definition) is 2. The third-order valence-corrected chi connectivity index (χ3v) is 7.19. The molecule has 8 heteroatoms. The van der Waals surface area contributed by atoms with Gasteiger partial charge in [0.15, 0.2) is 5.65 Å². The largest absolute Gasteiger partial charge is 0.507 e. The number of phenols is 1. The van der Waals surface area contributed by atoms with E-state index in [4.69, 9.17) is 4.98 Å². The number of rotatable bonds is 6. The molecule has 170 valence electrons. The van der Waals surface area contributed by atoms with Gasteiger partial charge >= 0.3 is 0 Å². The second kappa shape index (κ2) is 9.83. The lowest BCUT2D eigenvalue weighted by atomic mass is 9.97. The molecule has 0 aliphatic carbocycles. The molecule has 0 saturated carbocycles. The fourth-order valence-corrected chi connectivity index (χ4v) is 5.06. The van der Waals surface area contributed by atoms with Crippen LogP contribution in [0.4, 0.5) is 5.82 Å². The highest BCUT2D eigenvalue weighted by molar-refractivity contribution is 9.10. The van der Waals surface area contributed by atoms with E-state index in [0.29, 0.717) is 17.2 Å². The van der Waals surface area contributed by atoms with Crippen molar-refractivity contribution in [3.8, 4) is 17.0 Å². The molecule has 33 heavy (non-hydrogen) atoms. The minimum absolute atomic E-state index is 0.215. The summed E-state index contributed by atoms with van der Waals surface area (Å²) in [6.07, 6.45) is 4.15. The normalized spacial score (nSPS) is 16.8. The first-order valence-corrected chi connectivity index (χ1v) is 12.7. The van der Waals surface area contributed by atoms with Crippen molar-refractivity contribution in [2.75, 3.05) is 25.0 Å². The van der Waals surface area contributed by atoms with E-state index < -0.39 is 0 Å². The fraction of sp³-hybridized carbons (Fsp3) is 0.280. The van der Waals surface area contributed by atoms with Crippen LogP contribution in [0.5, 0.6) is 5.75 Å². The van der Waals surface area contributed by atoms with E-state index in [0.717, 1.165) is 46.6 Å². The van der Waals surface area contributed by atoms with Gasteiger partial charge in [-0.05, 0) is 71.1 Å². The Kier molecular flexibility index (Phi) is 6.66. The lowest BCUT2D eigenvalue weighted by Crippen LogP contribution is -2.37. The van der Waals surface area contributed by atoms with Crippen LogP contribution in [0.25, 0.3) is 16.9 Å². The lowest BCUT2D eigenvalue weighted by Gasteiger charge is -2.33. The average molecular weight is 571 g/mol. The van der Waals surface area contributed by atoms with Crippen molar-refractivity contribution >= 4 is 43.3 Å². The van der Waals surface area contributed by atoms with Crippen LogP contribution in [0.2, 0.25) is 0 Å². The molecule has 1 fully saturated rings. The fourth-order valence-electron chi connectivity index (χ4n) is 4.45. The Morgan fingerprint density at radius 3 is 2.73 bits per heavy atom. The van der Waals surface area contributed by atoms with E-state index in [1.54, 1.807) is 12.3 Å². The SMILES string of the molecule is Oc1ccccc1-c1cc(NCC2CCCN(Cc3ccc(Br)cc3)C2)n2ncc(Br)c2n1. The Balaban J connectivity index is 1.32. The Morgan fingerprint density at radius 2 is 1.91 bits per heavy atom. The maximum atomic E-state index is 10.3. The zero-order chi connectivity index (χ0) is 22.8. The maximum absolute atomic E-state index is 10.3. The number of fused-ring (bicyclic) bond motifs is 1. The van der Waals surface area contributed by atoms with Crippen molar-refractivity contribution in [2.24, 2.45) is 5.92 Å². The van der Waals surface area contributed by atoms with E-state index in [1.165, 1.54) is 18.4 Å². The number of aromatic nitrogens is 3. The molecule has 2 N–H and O–H groups in total. The van der Waals surface area contributed by atoms with Crippen molar-refractivity contribution < 1.29 is 5.11 Å². The highest BCUT2D eigenvalue weighted by Gasteiger charge is 2.21. The first-order chi connectivity index (χ1) is 16.1. The molecule has 2 aromatic heterocycles. The zero-order valence-electron chi connectivity index (χ0n) is 18.1. The van der Waals surface area contributed by atoms with Crippen molar-refractivity contribution in [1.29, 1.82) is 0 Å². The number of benzene rings is 2. The number of likely N-dealkylation sites (tertiary alicyclic amines) is 1. The van der Waals surface area contributed by atoms with E-state index in [-0.39, 0.29) is 5.75 Å². The van der Waals surface area contributed by atoms with Gasteiger partial charge in [-0.2, -0.15) is 9.61 Å². The van der Waals surface area contributed by atoms with Gasteiger partial charge in [0.2, 0.25) is 0 Å². The molecule has 1 aliphatic rings. The first-order valence-electron chi connectivity index (χ1n) is 11.1. The summed E-state index contributed by atoms with van der Waals surface area (Å²) in [5.41, 5.74) is 3.48. The van der Waals surface area contributed by atoms with E-state index in [9.17, 15) is 5.11 Å². The predicted molar refractivity (Wildman–Crippen MR) is 138 cm³/mol.